The van der Waals surface area contributed by atoms with Crippen molar-refractivity contribution in [2.75, 3.05) is 6.61 Å². The molecule has 0 unspecified atom stereocenters. The highest BCUT2D eigenvalue weighted by Gasteiger charge is 2.14. The third kappa shape index (κ3) is 3.91. The Labute approximate surface area is 137 Å². The van der Waals surface area contributed by atoms with E-state index in [1.54, 1.807) is 0 Å². The number of benzene rings is 1. The van der Waals surface area contributed by atoms with Crippen LogP contribution in [0.2, 0.25) is 0 Å². The van der Waals surface area contributed by atoms with Gasteiger partial charge in [0.2, 0.25) is 0 Å². The minimum Gasteiger partial charge on any atom is -0.481 e. The zero-order valence-corrected chi connectivity index (χ0v) is 13.3. The van der Waals surface area contributed by atoms with Crippen molar-refractivity contribution in [3.8, 4) is 18.1 Å². The van der Waals surface area contributed by atoms with Gasteiger partial charge in [0.05, 0.1) is 6.54 Å². The van der Waals surface area contributed by atoms with Gasteiger partial charge in [-0.15, -0.1) is 16.6 Å². The van der Waals surface area contributed by atoms with Crippen LogP contribution < -0.4 is 10.1 Å². The normalized spacial score (nSPS) is 13.9. The SMILES string of the molecule is C#CCOc1ccccc1CNCc1nnc2n1CCCCC2. The lowest BCUT2D eigenvalue weighted by atomic mass is 10.2. The fraction of sp³-hybridized carbons (Fsp3) is 0.444. The maximum atomic E-state index is 5.57. The number of rotatable bonds is 6. The van der Waals surface area contributed by atoms with Crippen LogP contribution in [-0.4, -0.2) is 21.4 Å². The average molecular weight is 310 g/mol. The standard InChI is InChI=1S/C18H22N4O/c1-2-12-23-16-9-6-5-8-15(16)13-19-14-18-21-20-17-10-4-3-7-11-22(17)18/h1,5-6,8-9,19H,3-4,7,10-14H2. The number of para-hydroxylation sites is 1. The summed E-state index contributed by atoms with van der Waals surface area (Å²) in [6.07, 6.45) is 9.99. The number of ether oxygens (including phenoxy) is 1. The third-order valence-electron chi connectivity index (χ3n) is 4.07. The second-order valence-corrected chi connectivity index (χ2v) is 5.70. The van der Waals surface area contributed by atoms with Crippen LogP contribution in [0.4, 0.5) is 0 Å². The number of hydrogen-bond acceptors (Lipinski definition) is 4. The number of aromatic nitrogens is 3. The number of hydrogen-bond donors (Lipinski definition) is 1. The molecule has 5 heteroatoms. The first-order valence-corrected chi connectivity index (χ1v) is 8.14. The molecule has 1 aromatic carbocycles. The van der Waals surface area contributed by atoms with Crippen LogP contribution in [0.15, 0.2) is 24.3 Å². The van der Waals surface area contributed by atoms with E-state index in [1.165, 1.54) is 19.3 Å². The van der Waals surface area contributed by atoms with E-state index >= 15 is 0 Å². The Morgan fingerprint density at radius 3 is 3.00 bits per heavy atom. The minimum absolute atomic E-state index is 0.286. The summed E-state index contributed by atoms with van der Waals surface area (Å²) in [6.45, 7) is 2.73. The number of aryl methyl sites for hydroxylation is 1. The Morgan fingerprint density at radius 1 is 1.17 bits per heavy atom. The smallest absolute Gasteiger partial charge is 0.148 e. The molecule has 0 amide bonds. The summed E-state index contributed by atoms with van der Waals surface area (Å²) in [4.78, 5) is 0. The molecule has 2 aromatic rings. The Morgan fingerprint density at radius 2 is 2.09 bits per heavy atom. The summed E-state index contributed by atoms with van der Waals surface area (Å²) in [7, 11) is 0. The van der Waals surface area contributed by atoms with Gasteiger partial charge >= 0.3 is 0 Å². The largest absolute Gasteiger partial charge is 0.481 e. The average Bonchev–Trinajstić information content (AvgIpc) is 2.81. The van der Waals surface area contributed by atoms with Gasteiger partial charge in [-0.3, -0.25) is 0 Å². The number of fused-ring (bicyclic) bond motifs is 1. The summed E-state index contributed by atoms with van der Waals surface area (Å²) in [6, 6.07) is 7.94. The predicted molar refractivity (Wildman–Crippen MR) is 88.9 cm³/mol. The molecule has 0 radical (unpaired) electrons. The molecule has 2 heterocycles. The predicted octanol–water partition coefficient (Wildman–Crippen LogP) is 2.31. The van der Waals surface area contributed by atoms with E-state index in [0.29, 0.717) is 13.1 Å². The van der Waals surface area contributed by atoms with Crippen LogP contribution >= 0.6 is 0 Å². The Hall–Kier alpha value is -2.32. The van der Waals surface area contributed by atoms with Crippen LogP contribution in [0.25, 0.3) is 0 Å². The van der Waals surface area contributed by atoms with Crippen molar-refractivity contribution in [3.63, 3.8) is 0 Å². The van der Waals surface area contributed by atoms with E-state index in [4.69, 9.17) is 11.2 Å². The van der Waals surface area contributed by atoms with E-state index in [0.717, 1.165) is 35.9 Å². The third-order valence-corrected chi connectivity index (χ3v) is 4.07. The molecule has 23 heavy (non-hydrogen) atoms. The highest BCUT2D eigenvalue weighted by atomic mass is 16.5. The highest BCUT2D eigenvalue weighted by Crippen LogP contribution is 2.18. The second-order valence-electron chi connectivity index (χ2n) is 5.70. The zero-order valence-electron chi connectivity index (χ0n) is 13.3. The quantitative estimate of drug-likeness (QED) is 0.832. The lowest BCUT2D eigenvalue weighted by Crippen LogP contribution is -2.18. The first-order valence-electron chi connectivity index (χ1n) is 8.14. The minimum atomic E-state index is 0.286. The molecule has 0 saturated carbocycles. The molecule has 0 fully saturated rings. The molecule has 0 aliphatic carbocycles. The fourth-order valence-electron chi connectivity index (χ4n) is 2.90. The van der Waals surface area contributed by atoms with Gasteiger partial charge in [-0.2, -0.15) is 0 Å². The van der Waals surface area contributed by atoms with Crippen molar-refractivity contribution in [2.24, 2.45) is 0 Å². The van der Waals surface area contributed by atoms with Crippen LogP contribution in [0.5, 0.6) is 5.75 Å². The van der Waals surface area contributed by atoms with E-state index < -0.39 is 0 Å². The topological polar surface area (TPSA) is 52.0 Å². The zero-order chi connectivity index (χ0) is 15.9. The van der Waals surface area contributed by atoms with Gasteiger partial charge in [0.25, 0.3) is 0 Å². The van der Waals surface area contributed by atoms with Crippen LogP contribution in [0.1, 0.15) is 36.5 Å². The van der Waals surface area contributed by atoms with Crippen LogP contribution in [0, 0.1) is 12.3 Å². The van der Waals surface area contributed by atoms with Crippen molar-refractivity contribution in [3.05, 3.63) is 41.5 Å². The molecular weight excluding hydrogens is 288 g/mol. The first kappa shape index (κ1) is 15.6. The molecule has 3 rings (SSSR count). The Kier molecular flexibility index (Phi) is 5.28. The van der Waals surface area contributed by atoms with Crippen LogP contribution in [-0.2, 0) is 26.1 Å². The van der Waals surface area contributed by atoms with Crippen molar-refractivity contribution in [2.45, 2.75) is 45.3 Å². The maximum absolute atomic E-state index is 5.57. The maximum Gasteiger partial charge on any atom is 0.148 e. The van der Waals surface area contributed by atoms with Crippen molar-refractivity contribution >= 4 is 0 Å². The first-order chi connectivity index (χ1) is 11.4. The Balaban J connectivity index is 1.60. The van der Waals surface area contributed by atoms with Gasteiger partial charge in [0.1, 0.15) is 24.0 Å². The number of nitrogens with zero attached hydrogens (tertiary/aromatic N) is 3. The molecule has 1 aromatic heterocycles. The van der Waals surface area contributed by atoms with E-state index in [2.05, 4.69) is 26.0 Å². The fourth-order valence-corrected chi connectivity index (χ4v) is 2.90. The molecule has 1 N–H and O–H groups in total. The van der Waals surface area contributed by atoms with E-state index in [9.17, 15) is 0 Å². The van der Waals surface area contributed by atoms with Gasteiger partial charge in [-0.05, 0) is 18.9 Å². The molecular formula is C18H22N4O. The molecule has 1 aliphatic heterocycles. The molecule has 0 saturated heterocycles. The summed E-state index contributed by atoms with van der Waals surface area (Å²) in [5.74, 6) is 5.47. The van der Waals surface area contributed by atoms with Gasteiger partial charge in [-0.25, -0.2) is 0 Å². The molecule has 0 spiro atoms. The summed E-state index contributed by atoms with van der Waals surface area (Å²) in [5, 5.41) is 12.1. The molecule has 0 atom stereocenters. The van der Waals surface area contributed by atoms with Gasteiger partial charge in [0.15, 0.2) is 0 Å². The van der Waals surface area contributed by atoms with Crippen molar-refractivity contribution in [1.82, 2.24) is 20.1 Å². The lowest BCUT2D eigenvalue weighted by Gasteiger charge is -2.11. The second kappa shape index (κ2) is 7.80. The van der Waals surface area contributed by atoms with E-state index in [-0.39, 0.29) is 6.61 Å². The van der Waals surface area contributed by atoms with Crippen LogP contribution in [0.3, 0.4) is 0 Å². The van der Waals surface area contributed by atoms with Gasteiger partial charge < -0.3 is 14.6 Å². The summed E-state index contributed by atoms with van der Waals surface area (Å²) >= 11 is 0. The molecule has 1 aliphatic rings. The molecule has 0 bridgehead atoms. The highest BCUT2D eigenvalue weighted by molar-refractivity contribution is 5.33. The lowest BCUT2D eigenvalue weighted by molar-refractivity contribution is 0.364. The van der Waals surface area contributed by atoms with Crippen molar-refractivity contribution in [1.29, 1.82) is 0 Å². The van der Waals surface area contributed by atoms with Gasteiger partial charge in [0, 0.05) is 25.1 Å². The summed E-state index contributed by atoms with van der Waals surface area (Å²) in [5.41, 5.74) is 1.10. The van der Waals surface area contributed by atoms with Crippen molar-refractivity contribution < 1.29 is 4.74 Å². The molecule has 120 valence electrons. The molecule has 5 nitrogen and oxygen atoms in total. The Bertz CT molecular complexity index is 687. The number of terminal acetylenes is 1. The van der Waals surface area contributed by atoms with E-state index in [1.807, 2.05) is 24.3 Å². The monoisotopic (exact) mass is 310 g/mol. The summed E-state index contributed by atoms with van der Waals surface area (Å²) < 4.78 is 7.84. The number of nitrogens with one attached hydrogen (secondary N) is 1. The van der Waals surface area contributed by atoms with Gasteiger partial charge in [-0.1, -0.05) is 30.5 Å².